The van der Waals surface area contributed by atoms with E-state index in [-0.39, 0.29) is 12.0 Å². The molecule has 3 heterocycles. The van der Waals surface area contributed by atoms with Crippen LogP contribution in [0.4, 0.5) is 0 Å². The number of carbonyl (C=O) groups is 1. The fourth-order valence-electron chi connectivity index (χ4n) is 3.66. The Hall–Kier alpha value is -1.33. The van der Waals surface area contributed by atoms with Gasteiger partial charge in [-0.05, 0) is 37.8 Å². The molecule has 2 saturated heterocycles. The number of amides is 1. The van der Waals surface area contributed by atoms with Gasteiger partial charge in [0, 0.05) is 38.6 Å². The van der Waals surface area contributed by atoms with Gasteiger partial charge in [-0.2, -0.15) is 0 Å². The minimum absolute atomic E-state index is 0.00137. The molecule has 0 spiro atoms. The average Bonchev–Trinajstić information content (AvgIpc) is 3.13. The maximum Gasteiger partial charge on any atom is 0.289 e. The van der Waals surface area contributed by atoms with E-state index in [1.165, 1.54) is 19.4 Å². The molecule has 2 atom stereocenters. The van der Waals surface area contributed by atoms with Gasteiger partial charge in [0.15, 0.2) is 5.76 Å². The molecule has 0 bridgehead atoms. The second-order valence-electron chi connectivity index (χ2n) is 6.99. The van der Waals surface area contributed by atoms with Gasteiger partial charge in [-0.15, -0.1) is 0 Å². The summed E-state index contributed by atoms with van der Waals surface area (Å²) in [5, 5.41) is 0. The second kappa shape index (κ2) is 5.70. The normalized spacial score (nSPS) is 29.4. The molecule has 1 saturated carbocycles. The molecule has 3 fully saturated rings. The van der Waals surface area contributed by atoms with E-state index >= 15 is 0 Å². The molecule has 0 radical (unpaired) electrons. The molecule has 1 amide bonds. The largest absolute Gasteiger partial charge is 0.456 e. The Morgan fingerprint density at radius 2 is 2.14 bits per heavy atom. The molecular weight excluding hydrogens is 280 g/mol. The van der Waals surface area contributed by atoms with Crippen LogP contribution in [0.25, 0.3) is 0 Å². The molecule has 1 aliphatic carbocycles. The van der Waals surface area contributed by atoms with Gasteiger partial charge < -0.3 is 19.0 Å². The van der Waals surface area contributed by atoms with Crippen molar-refractivity contribution in [2.75, 3.05) is 39.3 Å². The summed E-state index contributed by atoms with van der Waals surface area (Å²) >= 11 is 0. The van der Waals surface area contributed by atoms with Gasteiger partial charge in [0.05, 0.1) is 12.7 Å². The summed E-state index contributed by atoms with van der Waals surface area (Å²) in [5.74, 6) is 2.56. The molecule has 1 aromatic rings. The van der Waals surface area contributed by atoms with E-state index in [0.29, 0.717) is 18.2 Å². The van der Waals surface area contributed by atoms with Crippen LogP contribution >= 0.6 is 0 Å². The Labute approximate surface area is 131 Å². The first-order valence-corrected chi connectivity index (χ1v) is 8.39. The number of likely N-dealkylation sites (tertiary alicyclic amines) is 1. The Kier molecular flexibility index (Phi) is 3.70. The Morgan fingerprint density at radius 3 is 2.86 bits per heavy atom. The molecule has 120 valence electrons. The van der Waals surface area contributed by atoms with Crippen molar-refractivity contribution in [2.45, 2.75) is 25.9 Å². The molecule has 4 rings (SSSR count). The van der Waals surface area contributed by atoms with Gasteiger partial charge >= 0.3 is 0 Å². The van der Waals surface area contributed by atoms with Gasteiger partial charge in [0.25, 0.3) is 5.91 Å². The van der Waals surface area contributed by atoms with E-state index in [1.54, 1.807) is 6.07 Å². The molecular formula is C17H24N2O3. The SMILES string of the molecule is Cc1ccc(C(=O)N2C[C@@H]3CN(CC4CC4)CCO[C@@H]3C2)o1. The molecule has 1 aromatic heterocycles. The number of hydrogen-bond acceptors (Lipinski definition) is 4. The van der Waals surface area contributed by atoms with E-state index in [2.05, 4.69) is 4.90 Å². The van der Waals surface area contributed by atoms with Gasteiger partial charge in [-0.25, -0.2) is 0 Å². The zero-order valence-electron chi connectivity index (χ0n) is 13.2. The minimum atomic E-state index is -0.00137. The Morgan fingerprint density at radius 1 is 1.27 bits per heavy atom. The van der Waals surface area contributed by atoms with Crippen molar-refractivity contribution in [3.8, 4) is 0 Å². The molecule has 22 heavy (non-hydrogen) atoms. The first kappa shape index (κ1) is 14.3. The van der Waals surface area contributed by atoms with E-state index in [9.17, 15) is 4.79 Å². The summed E-state index contributed by atoms with van der Waals surface area (Å²) in [6.45, 7) is 7.43. The smallest absolute Gasteiger partial charge is 0.289 e. The zero-order valence-corrected chi connectivity index (χ0v) is 13.2. The van der Waals surface area contributed by atoms with Gasteiger partial charge in [-0.1, -0.05) is 0 Å². The van der Waals surface area contributed by atoms with Crippen LogP contribution in [0.15, 0.2) is 16.5 Å². The van der Waals surface area contributed by atoms with Crippen molar-refractivity contribution in [1.82, 2.24) is 9.80 Å². The third kappa shape index (κ3) is 2.92. The van der Waals surface area contributed by atoms with Crippen LogP contribution in [-0.4, -0.2) is 61.1 Å². The molecule has 0 N–H and O–H groups in total. The molecule has 5 nitrogen and oxygen atoms in total. The number of furan rings is 1. The number of carbonyl (C=O) groups excluding carboxylic acids is 1. The maximum atomic E-state index is 12.5. The van der Waals surface area contributed by atoms with Crippen molar-refractivity contribution < 1.29 is 13.9 Å². The molecule has 3 aliphatic rings. The van der Waals surface area contributed by atoms with Crippen molar-refractivity contribution >= 4 is 5.91 Å². The highest BCUT2D eigenvalue weighted by Crippen LogP contribution is 2.32. The van der Waals surface area contributed by atoms with Crippen LogP contribution in [0.5, 0.6) is 0 Å². The number of aryl methyl sites for hydroxylation is 1. The fourth-order valence-corrected chi connectivity index (χ4v) is 3.66. The summed E-state index contributed by atoms with van der Waals surface area (Å²) in [6, 6.07) is 3.61. The molecule has 0 aromatic carbocycles. The van der Waals surface area contributed by atoms with E-state index in [0.717, 1.165) is 37.9 Å². The van der Waals surface area contributed by atoms with Crippen LogP contribution < -0.4 is 0 Å². The lowest BCUT2D eigenvalue weighted by atomic mass is 10.1. The number of fused-ring (bicyclic) bond motifs is 1. The lowest BCUT2D eigenvalue weighted by Gasteiger charge is -2.23. The molecule has 5 heteroatoms. The lowest BCUT2D eigenvalue weighted by Crippen LogP contribution is -2.35. The van der Waals surface area contributed by atoms with Gasteiger partial charge in [-0.3, -0.25) is 4.79 Å². The first-order chi connectivity index (χ1) is 10.7. The van der Waals surface area contributed by atoms with Crippen molar-refractivity contribution in [1.29, 1.82) is 0 Å². The van der Waals surface area contributed by atoms with Crippen LogP contribution in [0.1, 0.15) is 29.2 Å². The van der Waals surface area contributed by atoms with Crippen molar-refractivity contribution in [2.24, 2.45) is 11.8 Å². The predicted octanol–water partition coefficient (Wildman–Crippen LogP) is 1.77. The Bertz CT molecular complexity index is 552. The van der Waals surface area contributed by atoms with Crippen molar-refractivity contribution in [3.05, 3.63) is 23.7 Å². The number of ether oxygens (including phenoxy) is 1. The van der Waals surface area contributed by atoms with Gasteiger partial charge in [0.2, 0.25) is 0 Å². The second-order valence-corrected chi connectivity index (χ2v) is 6.99. The summed E-state index contributed by atoms with van der Waals surface area (Å²) < 4.78 is 11.5. The quantitative estimate of drug-likeness (QED) is 0.854. The lowest BCUT2D eigenvalue weighted by molar-refractivity contribution is 0.0476. The van der Waals surface area contributed by atoms with Crippen LogP contribution in [-0.2, 0) is 4.74 Å². The Balaban J connectivity index is 1.40. The van der Waals surface area contributed by atoms with E-state index in [1.807, 2.05) is 17.9 Å². The monoisotopic (exact) mass is 304 g/mol. The van der Waals surface area contributed by atoms with E-state index < -0.39 is 0 Å². The highest BCUT2D eigenvalue weighted by atomic mass is 16.5. The van der Waals surface area contributed by atoms with E-state index in [4.69, 9.17) is 9.15 Å². The number of rotatable bonds is 3. The first-order valence-electron chi connectivity index (χ1n) is 8.39. The van der Waals surface area contributed by atoms with Gasteiger partial charge in [0.1, 0.15) is 5.76 Å². The third-order valence-corrected chi connectivity index (χ3v) is 5.06. The number of nitrogens with zero attached hydrogens (tertiary/aromatic N) is 2. The summed E-state index contributed by atoms with van der Waals surface area (Å²) in [7, 11) is 0. The highest BCUT2D eigenvalue weighted by molar-refractivity contribution is 5.91. The highest BCUT2D eigenvalue weighted by Gasteiger charge is 2.40. The summed E-state index contributed by atoms with van der Waals surface area (Å²) in [4.78, 5) is 17.0. The topological polar surface area (TPSA) is 45.9 Å². The van der Waals surface area contributed by atoms with Crippen LogP contribution in [0.2, 0.25) is 0 Å². The minimum Gasteiger partial charge on any atom is -0.456 e. The molecule has 2 aliphatic heterocycles. The number of hydrogen-bond donors (Lipinski definition) is 0. The predicted molar refractivity (Wildman–Crippen MR) is 81.7 cm³/mol. The molecule has 0 unspecified atom stereocenters. The van der Waals surface area contributed by atoms with Crippen LogP contribution in [0.3, 0.4) is 0 Å². The fraction of sp³-hybridized carbons (Fsp3) is 0.706. The summed E-state index contributed by atoms with van der Waals surface area (Å²) in [5.41, 5.74) is 0. The third-order valence-electron chi connectivity index (χ3n) is 5.06. The maximum absolute atomic E-state index is 12.5. The standard InChI is InChI=1S/C17H24N2O3/c1-12-2-5-15(22-12)17(20)19-10-14-9-18(8-13-3-4-13)6-7-21-16(14)11-19/h2,5,13-14,16H,3-4,6-11H2,1H3/t14-,16+/m0/s1. The average molecular weight is 304 g/mol. The zero-order chi connectivity index (χ0) is 15.1. The summed E-state index contributed by atoms with van der Waals surface area (Å²) in [6.07, 6.45) is 2.95. The van der Waals surface area contributed by atoms with Crippen LogP contribution in [0, 0.1) is 18.8 Å². The van der Waals surface area contributed by atoms with Crippen molar-refractivity contribution in [3.63, 3.8) is 0 Å².